The molecule has 0 spiro atoms. The van der Waals surface area contributed by atoms with Gasteiger partial charge in [-0.3, -0.25) is 4.68 Å². The Bertz CT molecular complexity index is 1060. The third-order valence-electron chi connectivity index (χ3n) is 4.68. The molecule has 0 aliphatic rings. The van der Waals surface area contributed by atoms with Crippen LogP contribution < -0.4 is 9.47 Å². The molecule has 0 saturated heterocycles. The summed E-state index contributed by atoms with van der Waals surface area (Å²) < 4.78 is 17.5. The fourth-order valence-electron chi connectivity index (χ4n) is 3.10. The first-order valence-corrected chi connectivity index (χ1v) is 9.46. The topological polar surface area (TPSA) is 62.6 Å². The van der Waals surface area contributed by atoms with Gasteiger partial charge in [0.25, 0.3) is 0 Å². The molecule has 3 aromatic rings. The molecule has 0 radical (unpaired) electrons. The average molecular weight is 415 g/mol. The Kier molecular flexibility index (Phi) is 6.13. The van der Waals surface area contributed by atoms with E-state index in [1.807, 2.05) is 64.2 Å². The van der Waals surface area contributed by atoms with Crippen LogP contribution >= 0.6 is 11.6 Å². The third kappa shape index (κ3) is 4.38. The molecule has 0 unspecified atom stereocenters. The molecule has 0 amide bonds. The van der Waals surface area contributed by atoms with E-state index >= 15 is 0 Å². The van der Waals surface area contributed by atoms with Crippen molar-refractivity contribution in [3.63, 3.8) is 0 Å². The fraction of sp³-hybridized carbons (Fsp3) is 0.273. The van der Waals surface area contributed by atoms with E-state index in [0.29, 0.717) is 10.9 Å². The van der Waals surface area contributed by atoms with Crippen molar-refractivity contribution in [2.24, 2.45) is 7.05 Å². The molecule has 0 aliphatic heterocycles. The van der Waals surface area contributed by atoms with Crippen LogP contribution in [0, 0.1) is 20.8 Å². The Hall–Kier alpha value is -2.99. The van der Waals surface area contributed by atoms with Crippen molar-refractivity contribution >= 4 is 17.8 Å². The first-order chi connectivity index (χ1) is 13.8. The number of rotatable bonds is 5. The monoisotopic (exact) mass is 414 g/mol. The molecule has 3 rings (SSSR count). The Morgan fingerprint density at radius 1 is 1.14 bits per heavy atom. The molecule has 152 valence electrons. The summed E-state index contributed by atoms with van der Waals surface area (Å²) in [6, 6.07) is 11.5. The third-order valence-corrected chi connectivity index (χ3v) is 5.20. The minimum Gasteiger partial charge on any atom is -0.488 e. The number of carbonyl (C=O) groups is 1. The molecule has 1 heterocycles. The second kappa shape index (κ2) is 8.57. The second-order valence-electron chi connectivity index (χ2n) is 6.78. The van der Waals surface area contributed by atoms with Gasteiger partial charge in [0.05, 0.1) is 12.8 Å². The highest BCUT2D eigenvalue weighted by Crippen LogP contribution is 2.31. The van der Waals surface area contributed by atoms with Gasteiger partial charge >= 0.3 is 6.16 Å². The van der Waals surface area contributed by atoms with Gasteiger partial charge in [0.1, 0.15) is 23.3 Å². The number of nitrogens with zero attached hydrogens (tertiary/aromatic N) is 2. The Balaban J connectivity index is 1.81. The smallest absolute Gasteiger partial charge is 0.488 e. The molecule has 29 heavy (non-hydrogen) atoms. The lowest BCUT2D eigenvalue weighted by molar-refractivity contribution is 0.120. The molecule has 0 aliphatic carbocycles. The lowest BCUT2D eigenvalue weighted by atomic mass is 10.1. The zero-order valence-electron chi connectivity index (χ0n) is 17.1. The van der Waals surface area contributed by atoms with Crippen molar-refractivity contribution in [1.82, 2.24) is 9.78 Å². The second-order valence-corrected chi connectivity index (χ2v) is 7.13. The minimum absolute atomic E-state index is 0.253. The number of ether oxygens (including phenoxy) is 3. The molecule has 6 nitrogen and oxygen atoms in total. The highest BCUT2D eigenvalue weighted by Gasteiger charge is 2.15. The van der Waals surface area contributed by atoms with E-state index in [-0.39, 0.29) is 6.61 Å². The molecule has 7 heteroatoms. The molecular formula is C22H23ClN2O4. The van der Waals surface area contributed by atoms with Gasteiger partial charge in [0.2, 0.25) is 0 Å². The van der Waals surface area contributed by atoms with E-state index in [1.54, 1.807) is 4.68 Å². The molecule has 1 aromatic heterocycles. The zero-order chi connectivity index (χ0) is 21.1. The summed E-state index contributed by atoms with van der Waals surface area (Å²) in [5, 5.41) is 5.11. The molecule has 0 fully saturated rings. The van der Waals surface area contributed by atoms with Crippen molar-refractivity contribution in [3.8, 4) is 22.8 Å². The quantitative estimate of drug-likeness (QED) is 0.413. The van der Waals surface area contributed by atoms with Crippen molar-refractivity contribution in [2.75, 3.05) is 7.11 Å². The lowest BCUT2D eigenvalue weighted by Gasteiger charge is -2.14. The summed E-state index contributed by atoms with van der Waals surface area (Å²) in [5.41, 5.74) is 5.30. The molecule has 2 aromatic carbocycles. The van der Waals surface area contributed by atoms with E-state index in [2.05, 4.69) is 9.84 Å². The summed E-state index contributed by atoms with van der Waals surface area (Å²) in [5.74, 6) is 1.19. The first-order valence-electron chi connectivity index (χ1n) is 9.09. The molecular weight excluding hydrogens is 392 g/mol. The largest absolute Gasteiger partial charge is 0.513 e. The first kappa shape index (κ1) is 20.7. The summed E-state index contributed by atoms with van der Waals surface area (Å²) >= 11 is 6.24. The van der Waals surface area contributed by atoms with Crippen LogP contribution in [0.4, 0.5) is 4.79 Å². The molecule has 0 N–H and O–H groups in total. The summed E-state index contributed by atoms with van der Waals surface area (Å²) in [7, 11) is 3.09. The van der Waals surface area contributed by atoms with Crippen molar-refractivity contribution in [3.05, 3.63) is 63.8 Å². The van der Waals surface area contributed by atoms with Crippen LogP contribution in [0.15, 0.2) is 36.4 Å². The Labute approximate surface area is 175 Å². The standard InChI is InChI=1S/C22H23ClN2O4/c1-13-7-6-8-17(20(13)29-22(26)27-5)12-28-18-10-9-16(11-14(18)2)19-15(3)21(23)25(4)24-19/h6-11H,12H2,1-5H3. The lowest BCUT2D eigenvalue weighted by Crippen LogP contribution is -2.11. The molecule has 0 atom stereocenters. The normalized spacial score (nSPS) is 10.7. The fourth-order valence-corrected chi connectivity index (χ4v) is 3.22. The van der Waals surface area contributed by atoms with Crippen LogP contribution in [-0.4, -0.2) is 23.0 Å². The van der Waals surface area contributed by atoms with Crippen molar-refractivity contribution in [1.29, 1.82) is 0 Å². The van der Waals surface area contributed by atoms with Crippen molar-refractivity contribution < 1.29 is 19.0 Å². The number of methoxy groups -OCH3 is 1. The zero-order valence-corrected chi connectivity index (χ0v) is 17.8. The van der Waals surface area contributed by atoms with E-state index in [1.165, 1.54) is 7.11 Å². The predicted octanol–water partition coefficient (Wildman–Crippen LogP) is 5.39. The highest BCUT2D eigenvalue weighted by atomic mass is 35.5. The van der Waals surface area contributed by atoms with Gasteiger partial charge in [-0.2, -0.15) is 5.10 Å². The van der Waals surface area contributed by atoms with Gasteiger partial charge in [-0.25, -0.2) is 4.79 Å². The maximum atomic E-state index is 11.5. The van der Waals surface area contributed by atoms with Gasteiger partial charge in [0.15, 0.2) is 0 Å². The average Bonchev–Trinajstić information content (AvgIpc) is 2.96. The number of para-hydroxylation sites is 1. The van der Waals surface area contributed by atoms with Gasteiger partial charge < -0.3 is 14.2 Å². The maximum Gasteiger partial charge on any atom is 0.513 e. The number of hydrogen-bond donors (Lipinski definition) is 0. The number of aryl methyl sites for hydroxylation is 3. The van der Waals surface area contributed by atoms with E-state index in [9.17, 15) is 4.79 Å². The summed E-state index contributed by atoms with van der Waals surface area (Å²) in [4.78, 5) is 11.5. The summed E-state index contributed by atoms with van der Waals surface area (Å²) in [6.45, 7) is 6.04. The Morgan fingerprint density at radius 2 is 1.90 bits per heavy atom. The Morgan fingerprint density at radius 3 is 2.52 bits per heavy atom. The van der Waals surface area contributed by atoms with E-state index in [0.717, 1.165) is 39.3 Å². The van der Waals surface area contributed by atoms with Gasteiger partial charge in [-0.05, 0) is 50.1 Å². The minimum atomic E-state index is -0.759. The van der Waals surface area contributed by atoms with Crippen LogP contribution in [0.3, 0.4) is 0 Å². The van der Waals surface area contributed by atoms with E-state index in [4.69, 9.17) is 21.1 Å². The number of carbonyl (C=O) groups excluding carboxylic acids is 1. The van der Waals surface area contributed by atoms with Gasteiger partial charge in [-0.15, -0.1) is 0 Å². The summed E-state index contributed by atoms with van der Waals surface area (Å²) in [6.07, 6.45) is -0.759. The van der Waals surface area contributed by atoms with Crippen LogP contribution in [0.25, 0.3) is 11.3 Å². The van der Waals surface area contributed by atoms with Crippen LogP contribution in [0.2, 0.25) is 5.15 Å². The number of benzene rings is 2. The van der Waals surface area contributed by atoms with Crippen LogP contribution in [0.1, 0.15) is 22.3 Å². The SMILES string of the molecule is COC(=O)Oc1c(C)cccc1COc1ccc(-c2nn(C)c(Cl)c2C)cc1C. The van der Waals surface area contributed by atoms with Crippen LogP contribution in [0.5, 0.6) is 11.5 Å². The predicted molar refractivity (Wildman–Crippen MR) is 112 cm³/mol. The number of aromatic nitrogens is 2. The number of halogens is 1. The van der Waals surface area contributed by atoms with Crippen molar-refractivity contribution in [2.45, 2.75) is 27.4 Å². The van der Waals surface area contributed by atoms with Gasteiger partial charge in [0, 0.05) is 23.7 Å². The van der Waals surface area contributed by atoms with Gasteiger partial charge in [-0.1, -0.05) is 29.8 Å². The van der Waals surface area contributed by atoms with Crippen LogP contribution in [-0.2, 0) is 18.4 Å². The molecule has 0 saturated carbocycles. The number of hydrogen-bond acceptors (Lipinski definition) is 5. The molecule has 0 bridgehead atoms. The maximum absolute atomic E-state index is 11.5. The highest BCUT2D eigenvalue weighted by molar-refractivity contribution is 6.30. The van der Waals surface area contributed by atoms with E-state index < -0.39 is 6.16 Å².